The Kier molecular flexibility index (Phi) is 7.92. The third kappa shape index (κ3) is 5.60. The van der Waals surface area contributed by atoms with Gasteiger partial charge in [-0.3, -0.25) is 4.79 Å². The van der Waals surface area contributed by atoms with Crippen molar-refractivity contribution in [2.45, 2.75) is 37.6 Å². The van der Waals surface area contributed by atoms with E-state index in [1.807, 2.05) is 35.2 Å². The fourth-order valence-electron chi connectivity index (χ4n) is 5.98. The number of ether oxygens (including phenoxy) is 2. The number of rotatable bonds is 6. The van der Waals surface area contributed by atoms with Crippen molar-refractivity contribution in [3.05, 3.63) is 76.9 Å². The molecule has 7 nitrogen and oxygen atoms in total. The SMILES string of the molecule is COC(CN1CCC2(CC1)OC(=O)C(C)=C2C(=O)N1CCN(c2cccc(C(F)(F)F)c2)CC1)c1ccccc1. The van der Waals surface area contributed by atoms with Gasteiger partial charge in [0.15, 0.2) is 0 Å². The van der Waals surface area contributed by atoms with Gasteiger partial charge >= 0.3 is 12.1 Å². The molecule has 5 rings (SSSR count). The lowest BCUT2D eigenvalue weighted by molar-refractivity contribution is -0.151. The lowest BCUT2D eigenvalue weighted by atomic mass is 9.82. The number of methoxy groups -OCH3 is 1. The number of amides is 1. The molecule has 1 unspecified atom stereocenters. The van der Waals surface area contributed by atoms with Gasteiger partial charge in [0.05, 0.1) is 17.2 Å². The third-order valence-corrected chi connectivity index (χ3v) is 8.29. The Balaban J connectivity index is 1.23. The highest BCUT2D eigenvalue weighted by atomic mass is 19.4. The lowest BCUT2D eigenvalue weighted by Gasteiger charge is -2.42. The van der Waals surface area contributed by atoms with E-state index in [9.17, 15) is 22.8 Å². The summed E-state index contributed by atoms with van der Waals surface area (Å²) >= 11 is 0. The van der Waals surface area contributed by atoms with E-state index in [2.05, 4.69) is 4.90 Å². The van der Waals surface area contributed by atoms with Crippen molar-refractivity contribution in [1.82, 2.24) is 9.80 Å². The summed E-state index contributed by atoms with van der Waals surface area (Å²) in [6.45, 7) is 5.10. The van der Waals surface area contributed by atoms with Crippen LogP contribution in [-0.2, 0) is 25.2 Å². The number of anilines is 1. The van der Waals surface area contributed by atoms with E-state index in [-0.39, 0.29) is 12.0 Å². The van der Waals surface area contributed by atoms with Crippen LogP contribution in [0.1, 0.15) is 37.0 Å². The van der Waals surface area contributed by atoms with Crippen LogP contribution >= 0.6 is 0 Å². The van der Waals surface area contributed by atoms with Gasteiger partial charge < -0.3 is 24.2 Å². The summed E-state index contributed by atoms with van der Waals surface area (Å²) < 4.78 is 51.2. The van der Waals surface area contributed by atoms with Crippen LogP contribution in [0.5, 0.6) is 0 Å². The number of alkyl halides is 3. The number of benzene rings is 2. The van der Waals surface area contributed by atoms with Gasteiger partial charge in [-0.1, -0.05) is 36.4 Å². The maximum atomic E-state index is 13.8. The monoisotopic (exact) mass is 557 g/mol. The zero-order valence-electron chi connectivity index (χ0n) is 22.7. The Hall–Kier alpha value is -3.37. The van der Waals surface area contributed by atoms with Crippen molar-refractivity contribution < 1.29 is 32.2 Å². The summed E-state index contributed by atoms with van der Waals surface area (Å²) in [7, 11) is 1.69. The second kappa shape index (κ2) is 11.2. The average Bonchev–Trinajstić information content (AvgIpc) is 3.21. The summed E-state index contributed by atoms with van der Waals surface area (Å²) in [6, 6.07) is 15.2. The maximum absolute atomic E-state index is 13.8. The zero-order valence-corrected chi connectivity index (χ0v) is 22.7. The molecule has 2 fully saturated rings. The summed E-state index contributed by atoms with van der Waals surface area (Å²) in [4.78, 5) is 32.3. The summed E-state index contributed by atoms with van der Waals surface area (Å²) in [5.74, 6) is -0.682. The third-order valence-electron chi connectivity index (χ3n) is 8.29. The number of piperidine rings is 1. The smallest absolute Gasteiger partial charge is 0.416 e. The second-order valence-electron chi connectivity index (χ2n) is 10.6. The molecule has 1 amide bonds. The fraction of sp³-hybridized carbons (Fsp3) is 0.467. The Bertz CT molecular complexity index is 1260. The number of likely N-dealkylation sites (tertiary alicyclic amines) is 1. The number of piperazine rings is 1. The van der Waals surface area contributed by atoms with E-state index in [1.165, 1.54) is 6.07 Å². The fourth-order valence-corrected chi connectivity index (χ4v) is 5.98. The molecule has 0 aliphatic carbocycles. The molecule has 2 aromatic carbocycles. The number of hydrogen-bond donors (Lipinski definition) is 0. The first-order valence-electron chi connectivity index (χ1n) is 13.6. The van der Waals surface area contributed by atoms with Crippen LogP contribution < -0.4 is 4.90 Å². The normalized spacial score (nSPS) is 20.7. The Morgan fingerprint density at radius 3 is 2.30 bits per heavy atom. The van der Waals surface area contributed by atoms with Crippen LogP contribution in [0.3, 0.4) is 0 Å². The molecule has 3 aliphatic rings. The van der Waals surface area contributed by atoms with Gasteiger partial charge in [-0.2, -0.15) is 13.2 Å². The van der Waals surface area contributed by atoms with Crippen LogP contribution in [-0.4, -0.2) is 80.2 Å². The molecule has 1 atom stereocenters. The number of carbonyl (C=O) groups excluding carboxylic acids is 2. The first-order valence-corrected chi connectivity index (χ1v) is 13.6. The van der Waals surface area contributed by atoms with Crippen molar-refractivity contribution in [2.75, 3.05) is 57.8 Å². The van der Waals surface area contributed by atoms with E-state index >= 15 is 0 Å². The van der Waals surface area contributed by atoms with E-state index in [0.29, 0.717) is 75.5 Å². The predicted octanol–water partition coefficient (Wildman–Crippen LogP) is 4.45. The topological polar surface area (TPSA) is 62.3 Å². The molecule has 0 N–H and O–H groups in total. The molecular formula is C30H34F3N3O4. The van der Waals surface area contributed by atoms with Crippen LogP contribution in [0, 0.1) is 0 Å². The Morgan fingerprint density at radius 2 is 1.68 bits per heavy atom. The van der Waals surface area contributed by atoms with Crippen molar-refractivity contribution in [2.24, 2.45) is 0 Å². The number of esters is 1. The molecule has 2 aromatic rings. The molecule has 214 valence electrons. The van der Waals surface area contributed by atoms with Gasteiger partial charge in [0.2, 0.25) is 0 Å². The van der Waals surface area contributed by atoms with Gasteiger partial charge in [0, 0.05) is 77.0 Å². The average molecular weight is 558 g/mol. The minimum atomic E-state index is -4.41. The number of nitrogens with zero attached hydrogens (tertiary/aromatic N) is 3. The van der Waals surface area contributed by atoms with E-state index in [0.717, 1.165) is 17.7 Å². The minimum absolute atomic E-state index is 0.0899. The zero-order chi connectivity index (χ0) is 28.5. The van der Waals surface area contributed by atoms with Crippen molar-refractivity contribution >= 4 is 17.6 Å². The first kappa shape index (κ1) is 28.2. The number of carbonyl (C=O) groups is 2. The van der Waals surface area contributed by atoms with E-state index in [1.54, 1.807) is 25.0 Å². The van der Waals surface area contributed by atoms with Gasteiger partial charge in [0.25, 0.3) is 5.91 Å². The summed E-state index contributed by atoms with van der Waals surface area (Å²) in [5.41, 5.74) is 0.690. The second-order valence-corrected chi connectivity index (χ2v) is 10.6. The van der Waals surface area contributed by atoms with Crippen LogP contribution in [0.25, 0.3) is 0 Å². The highest BCUT2D eigenvalue weighted by Crippen LogP contribution is 2.42. The van der Waals surface area contributed by atoms with Gasteiger partial charge in [-0.15, -0.1) is 0 Å². The summed E-state index contributed by atoms with van der Waals surface area (Å²) in [6.07, 6.45) is -3.49. The predicted molar refractivity (Wildman–Crippen MR) is 144 cm³/mol. The molecule has 0 bridgehead atoms. The minimum Gasteiger partial charge on any atom is -0.450 e. The molecule has 1 spiro atoms. The molecule has 0 saturated carbocycles. The van der Waals surface area contributed by atoms with Crippen molar-refractivity contribution in [3.8, 4) is 0 Å². The quantitative estimate of drug-likeness (QED) is 0.490. The molecule has 10 heteroatoms. The number of halogens is 3. The maximum Gasteiger partial charge on any atom is 0.416 e. The Labute approximate surface area is 232 Å². The van der Waals surface area contributed by atoms with E-state index in [4.69, 9.17) is 9.47 Å². The molecule has 0 aromatic heterocycles. The first-order chi connectivity index (χ1) is 19.1. The largest absolute Gasteiger partial charge is 0.450 e. The highest BCUT2D eigenvalue weighted by Gasteiger charge is 2.52. The molecule has 2 saturated heterocycles. The van der Waals surface area contributed by atoms with Crippen LogP contribution in [0.4, 0.5) is 18.9 Å². The van der Waals surface area contributed by atoms with Crippen LogP contribution in [0.15, 0.2) is 65.7 Å². The van der Waals surface area contributed by atoms with Crippen LogP contribution in [0.2, 0.25) is 0 Å². The highest BCUT2D eigenvalue weighted by molar-refractivity contribution is 6.07. The Morgan fingerprint density at radius 1 is 1.00 bits per heavy atom. The molecule has 3 aliphatic heterocycles. The van der Waals surface area contributed by atoms with Crippen molar-refractivity contribution in [1.29, 1.82) is 0 Å². The van der Waals surface area contributed by atoms with Gasteiger partial charge in [-0.25, -0.2) is 4.79 Å². The van der Waals surface area contributed by atoms with E-state index < -0.39 is 23.3 Å². The van der Waals surface area contributed by atoms with Gasteiger partial charge in [0.1, 0.15) is 5.60 Å². The molecule has 0 radical (unpaired) electrons. The molecule has 3 heterocycles. The standard InChI is InChI=1S/C30H34F3N3O4/c1-21-26(27(37)36-17-15-35(16-18-36)24-10-6-9-23(19-24)30(31,32)33)29(40-28(21)38)11-13-34(14-12-29)20-25(39-2)22-7-4-3-5-8-22/h3-10,19,25H,11-18,20H2,1-2H3. The summed E-state index contributed by atoms with van der Waals surface area (Å²) in [5, 5.41) is 0. The van der Waals surface area contributed by atoms with Crippen molar-refractivity contribution in [3.63, 3.8) is 0 Å². The molecular weight excluding hydrogens is 523 g/mol. The van der Waals surface area contributed by atoms with Gasteiger partial charge in [-0.05, 0) is 30.7 Å². The number of hydrogen-bond acceptors (Lipinski definition) is 6. The molecule has 40 heavy (non-hydrogen) atoms. The lowest BCUT2D eigenvalue weighted by Crippen LogP contribution is -2.53.